The van der Waals surface area contributed by atoms with Crippen molar-refractivity contribution in [2.24, 2.45) is 10.2 Å². The van der Waals surface area contributed by atoms with Crippen LogP contribution in [0, 0.1) is 0 Å². The van der Waals surface area contributed by atoms with Crippen LogP contribution in [0.5, 0.6) is 0 Å². The molecule has 0 heterocycles. The van der Waals surface area contributed by atoms with E-state index in [1.54, 1.807) is 0 Å². The Kier molecular flexibility index (Phi) is 5.79. The minimum Gasteiger partial charge on any atom is -0.0969 e. The second-order valence-electron chi connectivity index (χ2n) is 2.99. The summed E-state index contributed by atoms with van der Waals surface area (Å²) in [6, 6.07) is 1.98. The zero-order chi connectivity index (χ0) is 10.2. The fraction of sp³-hybridized carbons (Fsp3) is 1.00. The molecule has 0 aromatic rings. The predicted octanol–water partition coefficient (Wildman–Crippen LogP) is 3.17. The van der Waals surface area contributed by atoms with Crippen LogP contribution in [0.25, 0.3) is 20.9 Å². The Labute approximate surface area is 78.2 Å². The molecule has 7 heteroatoms. The molecule has 6 nitrogen and oxygen atoms in total. The largest absolute Gasteiger partial charge is 0.0969 e. The molecule has 0 saturated heterocycles. The summed E-state index contributed by atoms with van der Waals surface area (Å²) in [5.41, 5.74) is 16.4. The first-order valence-corrected chi connectivity index (χ1v) is 7.09. The number of hydrogen-bond acceptors (Lipinski definition) is 2. The van der Waals surface area contributed by atoms with Gasteiger partial charge in [0, 0.05) is 22.2 Å². The molecule has 0 aromatic carbocycles. The van der Waals surface area contributed by atoms with Gasteiger partial charge in [-0.05, 0) is 11.1 Å². The van der Waals surface area contributed by atoms with Crippen molar-refractivity contribution >= 4 is 8.07 Å². The molecule has 0 atom stereocenters. The van der Waals surface area contributed by atoms with Crippen molar-refractivity contribution < 1.29 is 0 Å². The molecular formula is C6H14N6Si. The van der Waals surface area contributed by atoms with Crippen LogP contribution in [0.3, 0.4) is 0 Å². The minimum absolute atomic E-state index is 0.537. The molecular weight excluding hydrogens is 184 g/mol. The first-order chi connectivity index (χ1) is 6.24. The smallest absolute Gasteiger partial charge is 0.0665 e. The van der Waals surface area contributed by atoms with E-state index in [1.165, 1.54) is 0 Å². The monoisotopic (exact) mass is 198 g/mol. The average Bonchev–Trinajstić information content (AvgIpc) is 2.20. The zero-order valence-electron chi connectivity index (χ0n) is 8.01. The van der Waals surface area contributed by atoms with Crippen molar-refractivity contribution in [3.8, 4) is 0 Å². The van der Waals surface area contributed by atoms with Gasteiger partial charge < -0.3 is 0 Å². The van der Waals surface area contributed by atoms with Crippen molar-refractivity contribution in [3.05, 3.63) is 20.9 Å². The second-order valence-corrected chi connectivity index (χ2v) is 8.03. The van der Waals surface area contributed by atoms with Crippen LogP contribution in [0.2, 0.25) is 12.1 Å². The van der Waals surface area contributed by atoms with Gasteiger partial charge in [-0.2, -0.15) is 0 Å². The lowest BCUT2D eigenvalue weighted by Gasteiger charge is -2.24. The van der Waals surface area contributed by atoms with Crippen LogP contribution in [0.15, 0.2) is 10.2 Å². The predicted molar refractivity (Wildman–Crippen MR) is 54.7 cm³/mol. The van der Waals surface area contributed by atoms with Gasteiger partial charge in [-0.1, -0.05) is 36.2 Å². The van der Waals surface area contributed by atoms with E-state index in [2.05, 4.69) is 33.9 Å². The van der Waals surface area contributed by atoms with Gasteiger partial charge in [0.05, 0.1) is 8.07 Å². The normalized spacial score (nSPS) is 10.0. The van der Waals surface area contributed by atoms with Crippen LogP contribution in [-0.2, 0) is 0 Å². The Morgan fingerprint density at radius 2 is 1.38 bits per heavy atom. The van der Waals surface area contributed by atoms with Gasteiger partial charge >= 0.3 is 0 Å². The summed E-state index contributed by atoms with van der Waals surface area (Å²) in [5, 5.41) is 7.20. The molecule has 0 radical (unpaired) electrons. The van der Waals surface area contributed by atoms with Crippen LogP contribution in [-0.4, -0.2) is 20.4 Å². The standard InChI is InChI=1S/C6H14N6Si/c1-3-13(4-2,5-9-11-7)6-10-12-8/h3-6H2,1-2H3. The van der Waals surface area contributed by atoms with Gasteiger partial charge in [-0.15, -0.1) is 0 Å². The fourth-order valence-corrected chi connectivity index (χ4v) is 3.33. The van der Waals surface area contributed by atoms with E-state index < -0.39 is 8.07 Å². The molecule has 0 aliphatic carbocycles. The third-order valence-electron chi connectivity index (χ3n) is 2.44. The highest BCUT2D eigenvalue weighted by molar-refractivity contribution is 6.80. The molecule has 0 amide bonds. The lowest BCUT2D eigenvalue weighted by atomic mass is 10.9. The third-order valence-corrected chi connectivity index (χ3v) is 7.06. The summed E-state index contributed by atoms with van der Waals surface area (Å²) in [6.07, 6.45) is 1.07. The molecule has 13 heavy (non-hydrogen) atoms. The zero-order valence-corrected chi connectivity index (χ0v) is 9.01. The average molecular weight is 198 g/mol. The van der Waals surface area contributed by atoms with E-state index >= 15 is 0 Å². The first kappa shape index (κ1) is 11.8. The molecule has 0 N–H and O–H groups in total. The number of nitrogens with zero attached hydrogens (tertiary/aromatic N) is 6. The number of azide groups is 2. The maximum Gasteiger partial charge on any atom is 0.0665 e. The molecule has 0 aliphatic heterocycles. The summed E-state index contributed by atoms with van der Waals surface area (Å²) in [4.78, 5) is 5.50. The summed E-state index contributed by atoms with van der Waals surface area (Å²) in [6.45, 7) is 4.13. The highest BCUT2D eigenvalue weighted by atomic mass is 28.3. The van der Waals surface area contributed by atoms with Crippen LogP contribution in [0.1, 0.15) is 13.8 Å². The Bertz CT molecular complexity index is 214. The first-order valence-electron chi connectivity index (χ1n) is 4.26. The Hall–Kier alpha value is -1.16. The number of hydrogen-bond donors (Lipinski definition) is 0. The summed E-state index contributed by atoms with van der Waals surface area (Å²) in [7, 11) is -1.63. The molecule has 0 rings (SSSR count). The maximum absolute atomic E-state index is 8.22. The van der Waals surface area contributed by atoms with Gasteiger partial charge in [0.15, 0.2) is 0 Å². The molecule has 0 fully saturated rings. The lowest BCUT2D eigenvalue weighted by Crippen LogP contribution is -2.40. The SMILES string of the molecule is CC[Si](CC)(CN=[N+]=[N-])CN=[N+]=[N-]. The van der Waals surface area contributed by atoms with Crippen molar-refractivity contribution in [2.45, 2.75) is 25.9 Å². The van der Waals surface area contributed by atoms with Crippen molar-refractivity contribution in [1.82, 2.24) is 0 Å². The van der Waals surface area contributed by atoms with Crippen molar-refractivity contribution in [1.29, 1.82) is 0 Å². The highest BCUT2D eigenvalue weighted by Gasteiger charge is 2.26. The number of rotatable bonds is 6. The molecule has 72 valence electrons. The topological polar surface area (TPSA) is 97.5 Å². The molecule has 0 unspecified atom stereocenters. The summed E-state index contributed by atoms with van der Waals surface area (Å²) < 4.78 is 0. The minimum atomic E-state index is -1.63. The van der Waals surface area contributed by atoms with Gasteiger partial charge in [-0.3, -0.25) is 0 Å². The van der Waals surface area contributed by atoms with E-state index in [9.17, 15) is 0 Å². The van der Waals surface area contributed by atoms with Gasteiger partial charge in [0.25, 0.3) is 0 Å². The van der Waals surface area contributed by atoms with E-state index in [4.69, 9.17) is 11.1 Å². The third kappa shape index (κ3) is 3.84. The van der Waals surface area contributed by atoms with Gasteiger partial charge in [0.1, 0.15) is 0 Å². The fourth-order valence-electron chi connectivity index (χ4n) is 1.11. The summed E-state index contributed by atoms with van der Waals surface area (Å²) >= 11 is 0. The molecule has 0 spiro atoms. The van der Waals surface area contributed by atoms with Crippen LogP contribution in [0.4, 0.5) is 0 Å². The quantitative estimate of drug-likeness (QED) is 0.271. The maximum atomic E-state index is 8.22. The van der Waals surface area contributed by atoms with E-state index in [0.717, 1.165) is 12.1 Å². The van der Waals surface area contributed by atoms with E-state index in [-0.39, 0.29) is 0 Å². The second kappa shape index (κ2) is 6.36. The highest BCUT2D eigenvalue weighted by Crippen LogP contribution is 2.16. The molecule has 0 aliphatic rings. The van der Waals surface area contributed by atoms with Crippen LogP contribution >= 0.6 is 0 Å². The van der Waals surface area contributed by atoms with E-state index in [0.29, 0.717) is 12.3 Å². The Morgan fingerprint density at radius 1 is 1.00 bits per heavy atom. The molecule has 0 bridgehead atoms. The van der Waals surface area contributed by atoms with E-state index in [1.807, 2.05) is 0 Å². The molecule has 0 aromatic heterocycles. The van der Waals surface area contributed by atoms with Gasteiger partial charge in [-0.25, -0.2) is 0 Å². The van der Waals surface area contributed by atoms with Gasteiger partial charge in [0.2, 0.25) is 0 Å². The van der Waals surface area contributed by atoms with Crippen molar-refractivity contribution in [2.75, 3.05) is 12.3 Å². The molecule has 0 saturated carbocycles. The summed E-state index contributed by atoms with van der Waals surface area (Å²) in [5.74, 6) is 0. The Morgan fingerprint density at radius 3 is 1.62 bits per heavy atom. The lowest BCUT2D eigenvalue weighted by molar-refractivity contribution is 1.07. The van der Waals surface area contributed by atoms with Crippen molar-refractivity contribution in [3.63, 3.8) is 0 Å². The van der Waals surface area contributed by atoms with Crippen LogP contribution < -0.4 is 0 Å². The Balaban J connectivity index is 4.46.